The number of nitrogens with one attached hydrogen (secondary N) is 1. The number of hydrogen-bond donors (Lipinski definition) is 1. The highest BCUT2D eigenvalue weighted by Crippen LogP contribution is 2.22. The van der Waals surface area contributed by atoms with Crippen LogP contribution in [0.5, 0.6) is 0 Å². The molecule has 0 amide bonds. The van der Waals surface area contributed by atoms with E-state index in [1.54, 1.807) is 0 Å². The minimum atomic E-state index is -0.300. The maximum Gasteiger partial charge on any atom is 0.322 e. The van der Waals surface area contributed by atoms with Crippen LogP contribution in [0.2, 0.25) is 5.02 Å². The monoisotopic (exact) mass is 255 g/mol. The van der Waals surface area contributed by atoms with Crippen LogP contribution in [0.15, 0.2) is 24.3 Å². The Bertz CT molecular complexity index is 381. The Morgan fingerprint density at radius 3 is 2.65 bits per heavy atom. The van der Waals surface area contributed by atoms with Crippen molar-refractivity contribution in [2.24, 2.45) is 0 Å². The minimum absolute atomic E-state index is 0.00718. The molecule has 0 saturated carbocycles. The van der Waals surface area contributed by atoms with E-state index in [2.05, 4.69) is 5.32 Å². The summed E-state index contributed by atoms with van der Waals surface area (Å²) in [5.74, 6) is -0.244. The van der Waals surface area contributed by atoms with Crippen LogP contribution >= 0.6 is 11.6 Å². The molecule has 0 aliphatic heterocycles. The summed E-state index contributed by atoms with van der Waals surface area (Å²) in [5, 5.41) is 3.92. The van der Waals surface area contributed by atoms with Gasteiger partial charge in [0, 0.05) is 11.1 Å². The van der Waals surface area contributed by atoms with Crippen molar-refractivity contribution in [3.63, 3.8) is 0 Å². The lowest BCUT2D eigenvalue weighted by molar-refractivity contribution is -0.143. The molecule has 0 spiro atoms. The molecule has 0 aliphatic carbocycles. The summed E-state index contributed by atoms with van der Waals surface area (Å²) in [6.45, 7) is 3.92. The van der Waals surface area contributed by atoms with Crippen LogP contribution < -0.4 is 5.32 Å². The molecule has 1 aromatic rings. The van der Waals surface area contributed by atoms with Crippen molar-refractivity contribution in [2.75, 3.05) is 7.11 Å². The fourth-order valence-electron chi connectivity index (χ4n) is 1.71. The van der Waals surface area contributed by atoms with Crippen LogP contribution in [0.25, 0.3) is 0 Å². The van der Waals surface area contributed by atoms with Gasteiger partial charge in [0.1, 0.15) is 6.04 Å². The van der Waals surface area contributed by atoms with Gasteiger partial charge in [-0.1, -0.05) is 36.7 Å². The van der Waals surface area contributed by atoms with Gasteiger partial charge in [-0.15, -0.1) is 0 Å². The molecule has 0 fully saturated rings. The Kier molecular flexibility index (Phi) is 5.45. The SMILES string of the molecule is CCC(NC(C)c1ccccc1Cl)C(=O)OC. The molecule has 1 aromatic carbocycles. The maximum absolute atomic E-state index is 11.5. The molecule has 0 saturated heterocycles. The van der Waals surface area contributed by atoms with Gasteiger partial charge in [0.15, 0.2) is 0 Å². The zero-order chi connectivity index (χ0) is 12.8. The molecule has 1 N–H and O–H groups in total. The van der Waals surface area contributed by atoms with Crippen molar-refractivity contribution in [3.05, 3.63) is 34.9 Å². The number of hydrogen-bond acceptors (Lipinski definition) is 3. The van der Waals surface area contributed by atoms with E-state index in [-0.39, 0.29) is 18.1 Å². The lowest BCUT2D eigenvalue weighted by Gasteiger charge is -2.21. The zero-order valence-electron chi connectivity index (χ0n) is 10.4. The maximum atomic E-state index is 11.5. The number of ether oxygens (including phenoxy) is 1. The Balaban J connectivity index is 2.74. The van der Waals surface area contributed by atoms with Crippen molar-refractivity contribution in [1.29, 1.82) is 0 Å². The average Bonchev–Trinajstić information content (AvgIpc) is 2.35. The molecule has 2 unspecified atom stereocenters. The molecule has 1 rings (SSSR count). The quantitative estimate of drug-likeness (QED) is 0.822. The van der Waals surface area contributed by atoms with E-state index in [1.807, 2.05) is 38.1 Å². The third kappa shape index (κ3) is 3.72. The summed E-state index contributed by atoms with van der Waals surface area (Å²) in [7, 11) is 1.40. The van der Waals surface area contributed by atoms with E-state index < -0.39 is 0 Å². The van der Waals surface area contributed by atoms with Gasteiger partial charge in [0.2, 0.25) is 0 Å². The molecular formula is C13H18ClNO2. The number of halogens is 1. The Morgan fingerprint density at radius 1 is 1.47 bits per heavy atom. The van der Waals surface area contributed by atoms with Crippen molar-refractivity contribution in [1.82, 2.24) is 5.32 Å². The third-order valence-electron chi connectivity index (χ3n) is 2.72. The predicted octanol–water partition coefficient (Wildman–Crippen LogP) is 2.94. The van der Waals surface area contributed by atoms with Gasteiger partial charge in [-0.2, -0.15) is 0 Å². The fraction of sp³-hybridized carbons (Fsp3) is 0.462. The van der Waals surface area contributed by atoms with Crippen LogP contribution in [0.3, 0.4) is 0 Å². The van der Waals surface area contributed by atoms with E-state index in [9.17, 15) is 4.79 Å². The molecule has 3 nitrogen and oxygen atoms in total. The molecule has 0 bridgehead atoms. The highest BCUT2D eigenvalue weighted by molar-refractivity contribution is 6.31. The Labute approximate surface area is 107 Å². The second kappa shape index (κ2) is 6.62. The fourth-order valence-corrected chi connectivity index (χ4v) is 2.01. The van der Waals surface area contributed by atoms with Crippen LogP contribution in [-0.4, -0.2) is 19.1 Å². The largest absolute Gasteiger partial charge is 0.468 e. The van der Waals surface area contributed by atoms with Crippen molar-refractivity contribution >= 4 is 17.6 Å². The predicted molar refractivity (Wildman–Crippen MR) is 69.1 cm³/mol. The summed E-state index contributed by atoms with van der Waals surface area (Å²) < 4.78 is 4.74. The number of esters is 1. The van der Waals surface area contributed by atoms with Gasteiger partial charge >= 0.3 is 5.97 Å². The van der Waals surface area contributed by atoms with Crippen LogP contribution in [0.1, 0.15) is 31.9 Å². The molecule has 17 heavy (non-hydrogen) atoms. The van der Waals surface area contributed by atoms with Crippen LogP contribution in [-0.2, 0) is 9.53 Å². The number of methoxy groups -OCH3 is 1. The Hall–Kier alpha value is -1.06. The molecule has 0 heterocycles. The molecule has 0 aliphatic rings. The van der Waals surface area contributed by atoms with Gasteiger partial charge < -0.3 is 4.74 Å². The number of benzene rings is 1. The average molecular weight is 256 g/mol. The van der Waals surface area contributed by atoms with Crippen molar-refractivity contribution in [2.45, 2.75) is 32.4 Å². The number of carbonyl (C=O) groups excluding carboxylic acids is 1. The van der Waals surface area contributed by atoms with Gasteiger partial charge in [-0.3, -0.25) is 10.1 Å². The van der Waals surface area contributed by atoms with Gasteiger partial charge in [0.05, 0.1) is 7.11 Å². The van der Waals surface area contributed by atoms with E-state index in [1.165, 1.54) is 7.11 Å². The topological polar surface area (TPSA) is 38.3 Å². The van der Waals surface area contributed by atoms with E-state index >= 15 is 0 Å². The van der Waals surface area contributed by atoms with Crippen molar-refractivity contribution in [3.8, 4) is 0 Å². The summed E-state index contributed by atoms with van der Waals surface area (Å²) in [6, 6.07) is 7.31. The highest BCUT2D eigenvalue weighted by Gasteiger charge is 2.20. The second-order valence-electron chi connectivity index (χ2n) is 3.89. The summed E-state index contributed by atoms with van der Waals surface area (Å²) in [5.41, 5.74) is 0.983. The minimum Gasteiger partial charge on any atom is -0.468 e. The molecule has 0 aromatic heterocycles. The number of rotatable bonds is 5. The zero-order valence-corrected chi connectivity index (χ0v) is 11.1. The molecule has 0 radical (unpaired) electrons. The first kappa shape index (κ1) is 14.0. The normalized spacial score (nSPS) is 14.1. The standard InChI is InChI=1S/C13H18ClNO2/c1-4-12(13(16)17-3)15-9(2)10-7-5-6-8-11(10)14/h5-9,12,15H,4H2,1-3H3. The van der Waals surface area contributed by atoms with Crippen molar-refractivity contribution < 1.29 is 9.53 Å². The first-order valence-electron chi connectivity index (χ1n) is 5.68. The summed E-state index contributed by atoms with van der Waals surface area (Å²) in [6.07, 6.45) is 0.682. The Morgan fingerprint density at radius 2 is 2.12 bits per heavy atom. The van der Waals surface area contributed by atoms with Gasteiger partial charge in [0.25, 0.3) is 0 Å². The first-order chi connectivity index (χ1) is 8.10. The smallest absolute Gasteiger partial charge is 0.322 e. The third-order valence-corrected chi connectivity index (χ3v) is 3.06. The molecule has 94 valence electrons. The second-order valence-corrected chi connectivity index (χ2v) is 4.30. The molecule has 2 atom stereocenters. The first-order valence-corrected chi connectivity index (χ1v) is 6.06. The van der Waals surface area contributed by atoms with Gasteiger partial charge in [-0.25, -0.2) is 0 Å². The summed E-state index contributed by atoms with van der Waals surface area (Å²) in [4.78, 5) is 11.5. The van der Waals surface area contributed by atoms with Crippen LogP contribution in [0.4, 0.5) is 0 Å². The lowest BCUT2D eigenvalue weighted by Crippen LogP contribution is -2.38. The summed E-state index contributed by atoms with van der Waals surface area (Å²) >= 11 is 6.10. The lowest BCUT2D eigenvalue weighted by atomic mass is 10.1. The van der Waals surface area contributed by atoms with E-state index in [0.29, 0.717) is 11.4 Å². The molecular weight excluding hydrogens is 238 g/mol. The van der Waals surface area contributed by atoms with E-state index in [4.69, 9.17) is 16.3 Å². The van der Waals surface area contributed by atoms with Gasteiger partial charge in [-0.05, 0) is 25.0 Å². The highest BCUT2D eigenvalue weighted by atomic mass is 35.5. The number of carbonyl (C=O) groups is 1. The van der Waals surface area contributed by atoms with Crippen LogP contribution in [0, 0.1) is 0 Å². The molecule has 4 heteroatoms. The van der Waals surface area contributed by atoms with E-state index in [0.717, 1.165) is 5.56 Å².